The third-order valence-corrected chi connectivity index (χ3v) is 11.6. The van der Waals surface area contributed by atoms with Crippen molar-refractivity contribution in [2.24, 2.45) is 0 Å². The van der Waals surface area contributed by atoms with Gasteiger partial charge in [0.2, 0.25) is 0 Å². The maximum Gasteiger partial charge on any atom is 0.338 e. The first-order valence-electron chi connectivity index (χ1n) is 11.8. The van der Waals surface area contributed by atoms with E-state index in [1.807, 2.05) is 45.9 Å². The number of carbonyl (C=O) groups is 1. The lowest BCUT2D eigenvalue weighted by atomic mass is 9.85. The molecular formula is C25H38O7Si. The Labute approximate surface area is 198 Å². The van der Waals surface area contributed by atoms with Gasteiger partial charge in [-0.05, 0) is 58.0 Å². The highest BCUT2D eigenvalue weighted by atomic mass is 28.4. The molecule has 4 rings (SSSR count). The Kier molecular flexibility index (Phi) is 6.12. The number of hydrogen-bond acceptors (Lipinski definition) is 7. The Morgan fingerprint density at radius 2 is 1.24 bits per heavy atom. The molecule has 6 atom stereocenters. The van der Waals surface area contributed by atoms with E-state index in [2.05, 4.69) is 33.9 Å². The van der Waals surface area contributed by atoms with E-state index in [1.165, 1.54) is 0 Å². The zero-order chi connectivity index (χ0) is 24.4. The van der Waals surface area contributed by atoms with Crippen molar-refractivity contribution in [2.75, 3.05) is 0 Å². The summed E-state index contributed by atoms with van der Waals surface area (Å²) in [6, 6.07) is 8.94. The van der Waals surface area contributed by atoms with Gasteiger partial charge in [0.1, 0.15) is 30.5 Å². The average molecular weight is 479 g/mol. The summed E-state index contributed by atoms with van der Waals surface area (Å²) in [4.78, 5) is 13.0. The van der Waals surface area contributed by atoms with Crippen molar-refractivity contribution in [3.05, 3.63) is 35.9 Å². The van der Waals surface area contributed by atoms with Crippen molar-refractivity contribution < 1.29 is 32.9 Å². The highest BCUT2D eigenvalue weighted by Crippen LogP contribution is 2.48. The van der Waals surface area contributed by atoms with E-state index in [0.717, 1.165) is 0 Å². The number of esters is 1. The predicted octanol–water partition coefficient (Wildman–Crippen LogP) is 4.66. The molecule has 2 aliphatic heterocycles. The van der Waals surface area contributed by atoms with E-state index in [4.69, 9.17) is 28.1 Å². The number of rotatable bonds is 4. The lowest BCUT2D eigenvalue weighted by Gasteiger charge is -2.47. The third kappa shape index (κ3) is 4.79. The first kappa shape index (κ1) is 24.8. The van der Waals surface area contributed by atoms with Crippen LogP contribution in [0.4, 0.5) is 0 Å². The molecule has 1 aromatic carbocycles. The second-order valence-electron chi connectivity index (χ2n) is 11.7. The van der Waals surface area contributed by atoms with Gasteiger partial charge >= 0.3 is 5.97 Å². The Morgan fingerprint density at radius 1 is 0.818 bits per heavy atom. The minimum absolute atomic E-state index is 0.00141. The van der Waals surface area contributed by atoms with Crippen LogP contribution in [0.15, 0.2) is 30.3 Å². The smallest absolute Gasteiger partial charge is 0.338 e. The molecular weight excluding hydrogens is 440 g/mol. The summed E-state index contributed by atoms with van der Waals surface area (Å²) in [5.74, 6) is -2.13. The third-order valence-electron chi connectivity index (χ3n) is 7.11. The summed E-state index contributed by atoms with van der Waals surface area (Å²) < 4.78 is 38.3. The van der Waals surface area contributed by atoms with Gasteiger partial charge in [0.25, 0.3) is 0 Å². The molecule has 0 amide bonds. The second-order valence-corrected chi connectivity index (χ2v) is 16.5. The largest absolute Gasteiger partial charge is 0.453 e. The first-order chi connectivity index (χ1) is 15.1. The molecule has 33 heavy (non-hydrogen) atoms. The van der Waals surface area contributed by atoms with Gasteiger partial charge in [0.05, 0.1) is 5.56 Å². The van der Waals surface area contributed by atoms with E-state index >= 15 is 0 Å². The maximum absolute atomic E-state index is 13.0. The standard InChI is InChI=1S/C25H38O7Si/c1-23(2,3)33(8,9)32-21-19-17(28-24(4,5)30-19)16(18-20(21)31-25(6,7)29-18)27-22(26)15-13-11-10-12-14-15/h10-14,16-21H,1-9H3/t16?,17-,18+,19+,20-,21?. The molecule has 0 spiro atoms. The molecule has 8 heteroatoms. The fraction of sp³-hybridized carbons (Fsp3) is 0.720. The van der Waals surface area contributed by atoms with Crippen molar-refractivity contribution in [3.8, 4) is 0 Å². The normalized spacial score (nSPS) is 35.1. The van der Waals surface area contributed by atoms with Crippen LogP contribution in [-0.4, -0.2) is 62.5 Å². The molecule has 184 valence electrons. The van der Waals surface area contributed by atoms with E-state index in [9.17, 15) is 4.79 Å². The number of ether oxygens (including phenoxy) is 5. The molecule has 1 saturated carbocycles. The van der Waals surface area contributed by atoms with Gasteiger partial charge in [0.15, 0.2) is 26.0 Å². The predicted molar refractivity (Wildman–Crippen MR) is 125 cm³/mol. The van der Waals surface area contributed by atoms with Crippen molar-refractivity contribution in [3.63, 3.8) is 0 Å². The molecule has 3 aliphatic rings. The fourth-order valence-corrected chi connectivity index (χ4v) is 5.88. The zero-order valence-corrected chi connectivity index (χ0v) is 22.2. The maximum atomic E-state index is 13.0. The van der Waals surface area contributed by atoms with Crippen LogP contribution in [0.3, 0.4) is 0 Å². The number of hydrogen-bond donors (Lipinski definition) is 0. The molecule has 0 bridgehead atoms. The minimum atomic E-state index is -2.19. The van der Waals surface area contributed by atoms with Crippen LogP contribution in [0.25, 0.3) is 0 Å². The van der Waals surface area contributed by atoms with Crippen molar-refractivity contribution in [1.82, 2.24) is 0 Å². The number of benzene rings is 1. The SMILES string of the molecule is CC1(C)O[C@@H]2C(OC(=O)c3ccccc3)[C@@H]3OC(C)(C)O[C@H]3C(O[Si](C)(C)C(C)(C)C)[C@H]2O1. The number of carbonyl (C=O) groups excluding carboxylic acids is 1. The van der Waals surface area contributed by atoms with Crippen LogP contribution in [0.1, 0.15) is 58.8 Å². The van der Waals surface area contributed by atoms with Gasteiger partial charge in [-0.15, -0.1) is 0 Å². The molecule has 7 nitrogen and oxygen atoms in total. The summed E-state index contributed by atoms with van der Waals surface area (Å²) in [5, 5.41) is -0.00141. The minimum Gasteiger partial charge on any atom is -0.453 e. The number of fused-ring (bicyclic) bond motifs is 2. The fourth-order valence-electron chi connectivity index (χ4n) is 4.58. The monoisotopic (exact) mass is 478 g/mol. The molecule has 1 aromatic rings. The van der Waals surface area contributed by atoms with Gasteiger partial charge in [-0.1, -0.05) is 39.0 Å². The second kappa shape index (κ2) is 8.14. The van der Waals surface area contributed by atoms with Gasteiger partial charge in [-0.3, -0.25) is 0 Å². The Balaban J connectivity index is 1.70. The highest BCUT2D eigenvalue weighted by Gasteiger charge is 2.66. The van der Waals surface area contributed by atoms with Crippen LogP contribution >= 0.6 is 0 Å². The average Bonchev–Trinajstić information content (AvgIpc) is 3.19. The van der Waals surface area contributed by atoms with Crippen molar-refractivity contribution >= 4 is 14.3 Å². The van der Waals surface area contributed by atoms with Crippen molar-refractivity contribution in [2.45, 2.75) is 115 Å². The Bertz CT molecular complexity index is 844. The lowest BCUT2D eigenvalue weighted by Crippen LogP contribution is -2.65. The highest BCUT2D eigenvalue weighted by molar-refractivity contribution is 6.74. The van der Waals surface area contributed by atoms with Gasteiger partial charge in [-0.2, -0.15) is 0 Å². The van der Waals surface area contributed by atoms with E-state index < -0.39 is 62.5 Å². The molecule has 2 unspecified atom stereocenters. The molecule has 1 aliphatic carbocycles. The van der Waals surface area contributed by atoms with Gasteiger partial charge in [-0.25, -0.2) is 4.79 Å². The Hall–Kier alpha value is -1.29. The van der Waals surface area contributed by atoms with Crippen LogP contribution in [0.5, 0.6) is 0 Å². The van der Waals surface area contributed by atoms with Crippen LogP contribution < -0.4 is 0 Å². The van der Waals surface area contributed by atoms with Crippen molar-refractivity contribution in [1.29, 1.82) is 0 Å². The topological polar surface area (TPSA) is 72.5 Å². The zero-order valence-electron chi connectivity index (χ0n) is 21.2. The molecule has 0 N–H and O–H groups in total. The van der Waals surface area contributed by atoms with Gasteiger partial charge < -0.3 is 28.1 Å². The van der Waals surface area contributed by atoms with E-state index in [0.29, 0.717) is 5.56 Å². The summed E-state index contributed by atoms with van der Waals surface area (Å²) in [6.07, 6.45) is -3.10. The molecule has 0 aromatic heterocycles. The molecule has 0 radical (unpaired) electrons. The van der Waals surface area contributed by atoms with Crippen LogP contribution in [0, 0.1) is 0 Å². The lowest BCUT2D eigenvalue weighted by molar-refractivity contribution is -0.182. The molecule has 2 heterocycles. The summed E-state index contributed by atoms with van der Waals surface area (Å²) in [7, 11) is -2.19. The molecule has 2 saturated heterocycles. The quantitative estimate of drug-likeness (QED) is 0.460. The van der Waals surface area contributed by atoms with E-state index in [1.54, 1.807) is 12.1 Å². The summed E-state index contributed by atoms with van der Waals surface area (Å²) >= 11 is 0. The first-order valence-corrected chi connectivity index (χ1v) is 14.7. The summed E-state index contributed by atoms with van der Waals surface area (Å²) in [6.45, 7) is 18.5. The van der Waals surface area contributed by atoms with Crippen LogP contribution in [0.2, 0.25) is 18.1 Å². The van der Waals surface area contributed by atoms with E-state index in [-0.39, 0.29) is 5.04 Å². The van der Waals surface area contributed by atoms with Gasteiger partial charge in [0, 0.05) is 0 Å². The van der Waals surface area contributed by atoms with Crippen LogP contribution in [-0.2, 0) is 28.1 Å². The Morgan fingerprint density at radius 3 is 1.67 bits per heavy atom. The summed E-state index contributed by atoms with van der Waals surface area (Å²) in [5.41, 5.74) is 0.474. The molecule has 3 fully saturated rings.